The van der Waals surface area contributed by atoms with Gasteiger partial charge in [0.2, 0.25) is 5.91 Å². The van der Waals surface area contributed by atoms with Crippen molar-refractivity contribution >= 4 is 5.91 Å². The van der Waals surface area contributed by atoms with Gasteiger partial charge in [-0.2, -0.15) is 0 Å². The minimum absolute atomic E-state index is 0.0395. The molecule has 1 aliphatic carbocycles. The van der Waals surface area contributed by atoms with Gasteiger partial charge in [0.1, 0.15) is 0 Å². The zero-order chi connectivity index (χ0) is 14.8. The van der Waals surface area contributed by atoms with Crippen LogP contribution < -0.4 is 11.1 Å². The van der Waals surface area contributed by atoms with Crippen LogP contribution in [0.25, 0.3) is 0 Å². The average Bonchev–Trinajstić information content (AvgIpc) is 2.27. The van der Waals surface area contributed by atoms with Crippen molar-refractivity contribution in [2.24, 2.45) is 23.0 Å². The second-order valence-corrected chi connectivity index (χ2v) is 7.91. The van der Waals surface area contributed by atoms with E-state index in [0.29, 0.717) is 5.41 Å². The molecule has 1 fully saturated rings. The minimum Gasteiger partial charge on any atom is -0.349 e. The van der Waals surface area contributed by atoms with Gasteiger partial charge in [-0.25, -0.2) is 0 Å². The summed E-state index contributed by atoms with van der Waals surface area (Å²) >= 11 is 0. The van der Waals surface area contributed by atoms with Crippen LogP contribution in [0.5, 0.6) is 0 Å². The van der Waals surface area contributed by atoms with Crippen LogP contribution in [0.15, 0.2) is 0 Å². The summed E-state index contributed by atoms with van der Waals surface area (Å²) in [5.74, 6) is 1.12. The van der Waals surface area contributed by atoms with Crippen LogP contribution in [0.1, 0.15) is 67.2 Å². The summed E-state index contributed by atoms with van der Waals surface area (Å²) < 4.78 is 0. The van der Waals surface area contributed by atoms with Gasteiger partial charge in [-0.1, -0.05) is 20.8 Å². The highest BCUT2D eigenvalue weighted by Crippen LogP contribution is 2.39. The van der Waals surface area contributed by atoms with Gasteiger partial charge in [-0.15, -0.1) is 0 Å². The summed E-state index contributed by atoms with van der Waals surface area (Å²) in [4.78, 5) is 12.3. The highest BCUT2D eigenvalue weighted by molar-refractivity contribution is 5.79. The van der Waals surface area contributed by atoms with Gasteiger partial charge >= 0.3 is 0 Å². The molecule has 0 aromatic rings. The van der Waals surface area contributed by atoms with Crippen LogP contribution in [0, 0.1) is 17.3 Å². The first kappa shape index (κ1) is 16.5. The molecular formula is C16H32N2O. The Bertz CT molecular complexity index is 307. The number of nitrogens with two attached hydrogens (primary N) is 1. The lowest BCUT2D eigenvalue weighted by molar-refractivity contribution is -0.128. The van der Waals surface area contributed by atoms with Gasteiger partial charge in [0.05, 0.1) is 0 Å². The molecule has 0 spiro atoms. The van der Waals surface area contributed by atoms with E-state index in [4.69, 9.17) is 5.73 Å². The van der Waals surface area contributed by atoms with Crippen molar-refractivity contribution in [2.45, 2.75) is 78.8 Å². The number of hydrogen-bond donors (Lipinski definition) is 2. The van der Waals surface area contributed by atoms with Crippen molar-refractivity contribution in [2.75, 3.05) is 0 Å². The predicted octanol–water partition coefficient (Wildman–Crippen LogP) is 3.08. The van der Waals surface area contributed by atoms with E-state index in [1.54, 1.807) is 0 Å². The average molecular weight is 268 g/mol. The molecule has 0 saturated heterocycles. The van der Waals surface area contributed by atoms with Crippen LogP contribution in [0.3, 0.4) is 0 Å². The molecule has 0 aromatic heterocycles. The van der Waals surface area contributed by atoms with E-state index < -0.39 is 0 Å². The Morgan fingerprint density at radius 2 is 1.58 bits per heavy atom. The summed E-state index contributed by atoms with van der Waals surface area (Å²) in [5.41, 5.74) is 5.96. The van der Waals surface area contributed by atoms with Gasteiger partial charge < -0.3 is 11.1 Å². The zero-order valence-electron chi connectivity index (χ0n) is 13.5. The molecule has 1 saturated carbocycles. The largest absolute Gasteiger partial charge is 0.349 e. The lowest BCUT2D eigenvalue weighted by Crippen LogP contribution is -2.56. The standard InChI is InChI=1S/C16H32N2O/c1-11(17)16(5,6)18-14(19)12-7-9-13(10-8-12)15(2,3)4/h11-13H,7-10,17H2,1-6H3,(H,18,19). The Kier molecular flexibility index (Phi) is 5.05. The Morgan fingerprint density at radius 3 is 1.95 bits per heavy atom. The molecule has 0 bridgehead atoms. The molecule has 1 atom stereocenters. The van der Waals surface area contributed by atoms with Crippen LogP contribution in [0.4, 0.5) is 0 Å². The Balaban J connectivity index is 2.50. The van der Waals surface area contributed by atoms with Gasteiger partial charge in [-0.05, 0) is 57.8 Å². The molecular weight excluding hydrogens is 236 g/mol. The molecule has 19 heavy (non-hydrogen) atoms. The second-order valence-electron chi connectivity index (χ2n) is 7.91. The van der Waals surface area contributed by atoms with E-state index in [1.165, 1.54) is 12.8 Å². The van der Waals surface area contributed by atoms with Crippen LogP contribution in [-0.4, -0.2) is 17.5 Å². The number of hydrogen-bond acceptors (Lipinski definition) is 2. The number of amides is 1. The summed E-state index contributed by atoms with van der Waals surface area (Å²) in [6.45, 7) is 12.8. The monoisotopic (exact) mass is 268 g/mol. The maximum atomic E-state index is 12.3. The highest BCUT2D eigenvalue weighted by atomic mass is 16.2. The third-order valence-electron chi connectivity index (χ3n) is 4.91. The fourth-order valence-electron chi connectivity index (χ4n) is 2.76. The van der Waals surface area contributed by atoms with Crippen LogP contribution in [-0.2, 0) is 4.79 Å². The highest BCUT2D eigenvalue weighted by Gasteiger charge is 2.34. The van der Waals surface area contributed by atoms with Gasteiger partial charge in [0.25, 0.3) is 0 Å². The van der Waals surface area contributed by atoms with Crippen molar-refractivity contribution in [3.63, 3.8) is 0 Å². The first-order valence-corrected chi connectivity index (χ1v) is 7.61. The molecule has 0 aromatic carbocycles. The Labute approximate surface area is 118 Å². The third kappa shape index (κ3) is 4.48. The molecule has 1 amide bonds. The fourth-order valence-corrected chi connectivity index (χ4v) is 2.76. The number of carbonyl (C=O) groups excluding carboxylic acids is 1. The lowest BCUT2D eigenvalue weighted by Gasteiger charge is -2.38. The van der Waals surface area contributed by atoms with E-state index in [0.717, 1.165) is 18.8 Å². The first-order chi connectivity index (χ1) is 8.54. The summed E-state index contributed by atoms with van der Waals surface area (Å²) in [6, 6.07) is -0.0395. The fraction of sp³-hybridized carbons (Fsp3) is 0.938. The molecule has 0 radical (unpaired) electrons. The molecule has 1 rings (SSSR count). The van der Waals surface area contributed by atoms with Gasteiger partial charge in [0, 0.05) is 17.5 Å². The lowest BCUT2D eigenvalue weighted by atomic mass is 9.69. The molecule has 1 aliphatic rings. The summed E-state index contributed by atoms with van der Waals surface area (Å²) in [7, 11) is 0. The minimum atomic E-state index is -0.321. The Morgan fingerprint density at radius 1 is 1.11 bits per heavy atom. The van der Waals surface area contributed by atoms with Crippen molar-refractivity contribution in [1.82, 2.24) is 5.32 Å². The Hall–Kier alpha value is -0.570. The van der Waals surface area contributed by atoms with E-state index in [-0.39, 0.29) is 23.4 Å². The SMILES string of the molecule is CC(N)C(C)(C)NC(=O)C1CCC(C(C)(C)C)CC1. The molecule has 0 aliphatic heterocycles. The van der Waals surface area contributed by atoms with E-state index in [1.807, 2.05) is 20.8 Å². The van der Waals surface area contributed by atoms with Crippen molar-refractivity contribution in [1.29, 1.82) is 0 Å². The normalized spacial score (nSPS) is 26.9. The van der Waals surface area contributed by atoms with E-state index in [9.17, 15) is 4.79 Å². The molecule has 3 nitrogen and oxygen atoms in total. The zero-order valence-corrected chi connectivity index (χ0v) is 13.5. The summed E-state index contributed by atoms with van der Waals surface area (Å²) in [5, 5.41) is 3.12. The maximum absolute atomic E-state index is 12.3. The van der Waals surface area contributed by atoms with Crippen LogP contribution in [0.2, 0.25) is 0 Å². The number of carbonyl (C=O) groups is 1. The molecule has 112 valence electrons. The van der Waals surface area contributed by atoms with Crippen molar-refractivity contribution < 1.29 is 4.79 Å². The smallest absolute Gasteiger partial charge is 0.223 e. The van der Waals surface area contributed by atoms with Crippen molar-refractivity contribution in [3.8, 4) is 0 Å². The van der Waals surface area contributed by atoms with Gasteiger partial charge in [-0.3, -0.25) is 4.79 Å². The number of rotatable bonds is 3. The third-order valence-corrected chi connectivity index (χ3v) is 4.91. The first-order valence-electron chi connectivity index (χ1n) is 7.61. The topological polar surface area (TPSA) is 55.1 Å². The molecule has 3 heteroatoms. The number of nitrogens with one attached hydrogen (secondary N) is 1. The predicted molar refractivity (Wildman–Crippen MR) is 80.8 cm³/mol. The van der Waals surface area contributed by atoms with E-state index >= 15 is 0 Å². The molecule has 0 heterocycles. The van der Waals surface area contributed by atoms with E-state index in [2.05, 4.69) is 26.1 Å². The molecule has 3 N–H and O–H groups in total. The van der Waals surface area contributed by atoms with Crippen molar-refractivity contribution in [3.05, 3.63) is 0 Å². The van der Waals surface area contributed by atoms with Gasteiger partial charge in [0.15, 0.2) is 0 Å². The molecule has 1 unspecified atom stereocenters. The maximum Gasteiger partial charge on any atom is 0.223 e. The van der Waals surface area contributed by atoms with Crippen LogP contribution >= 0.6 is 0 Å². The summed E-state index contributed by atoms with van der Waals surface area (Å²) in [6.07, 6.45) is 4.37. The quantitative estimate of drug-likeness (QED) is 0.826. The second kappa shape index (κ2) is 5.82.